The summed E-state index contributed by atoms with van der Waals surface area (Å²) >= 11 is 0. The minimum atomic E-state index is 0.721. The molecule has 4 aliphatic heterocycles. The highest BCUT2D eigenvalue weighted by Gasteiger charge is 2.18. The number of imidazole rings is 4. The van der Waals surface area contributed by atoms with E-state index >= 15 is 0 Å². The number of H-pyrrole nitrogens is 4. The van der Waals surface area contributed by atoms with Crippen molar-refractivity contribution in [2.45, 2.75) is 0 Å². The summed E-state index contributed by atoms with van der Waals surface area (Å²) in [7, 11) is 0. The molecule has 18 heteroatoms. The molecule has 14 rings (SSSR count). The normalized spacial score (nSPS) is 15.4. The number of nitrogens with one attached hydrogen (secondary N) is 8. The van der Waals surface area contributed by atoms with Crippen LogP contribution in [0.5, 0.6) is 0 Å². The second-order valence-electron chi connectivity index (χ2n) is 16.7. The molecule has 0 saturated heterocycles. The van der Waals surface area contributed by atoms with Crippen LogP contribution in [0.2, 0.25) is 0 Å². The molecule has 8 N–H and O–H groups in total. The maximum atomic E-state index is 4.84. The van der Waals surface area contributed by atoms with Gasteiger partial charge < -0.3 is 41.2 Å². The Labute approximate surface area is 387 Å². The zero-order valence-corrected chi connectivity index (χ0v) is 36.5. The average molecular weight is 895 g/mol. The van der Waals surface area contributed by atoms with Crippen molar-refractivity contribution in [3.63, 3.8) is 0 Å². The van der Waals surface area contributed by atoms with Gasteiger partial charge in [0.05, 0.1) is 70.3 Å². The molecular formula is C50H42N18. The molecule has 0 unspecified atom stereocenters. The first kappa shape index (κ1) is 39.3. The molecular weight excluding hydrogens is 853 g/mol. The molecule has 0 spiro atoms. The molecule has 0 atom stereocenters. The van der Waals surface area contributed by atoms with Gasteiger partial charge in [0.2, 0.25) is 0 Å². The number of hydrogen-bond acceptors (Lipinski definition) is 14. The highest BCUT2D eigenvalue weighted by molar-refractivity contribution is 6.04. The van der Waals surface area contributed by atoms with Crippen molar-refractivity contribution in [3.05, 3.63) is 131 Å². The smallest absolute Gasteiger partial charge is 0.157 e. The minimum absolute atomic E-state index is 0.721. The van der Waals surface area contributed by atoms with Crippen LogP contribution in [0.4, 0.5) is 0 Å². The fourth-order valence-electron chi connectivity index (χ4n) is 8.87. The molecule has 18 nitrogen and oxygen atoms in total. The zero-order chi connectivity index (χ0) is 45.0. The monoisotopic (exact) mass is 894 g/mol. The third-order valence-corrected chi connectivity index (χ3v) is 12.2. The summed E-state index contributed by atoms with van der Waals surface area (Å²) in [5.41, 5.74) is 14.7. The number of amidine groups is 4. The van der Waals surface area contributed by atoms with Crippen LogP contribution in [0, 0.1) is 0 Å². The van der Waals surface area contributed by atoms with E-state index in [1.807, 2.05) is 84.9 Å². The van der Waals surface area contributed by atoms with Crippen LogP contribution in [-0.4, -0.2) is 126 Å². The van der Waals surface area contributed by atoms with Crippen LogP contribution >= 0.6 is 0 Å². The van der Waals surface area contributed by atoms with Crippen LogP contribution in [0.3, 0.4) is 0 Å². The Balaban J connectivity index is 0.000000134. The molecule has 6 aromatic heterocycles. The number of rotatable bonds is 8. The quantitative estimate of drug-likeness (QED) is 0.0921. The Morgan fingerprint density at radius 2 is 0.559 bits per heavy atom. The lowest BCUT2D eigenvalue weighted by Gasteiger charge is -2.01. The number of pyridine rings is 2. The summed E-state index contributed by atoms with van der Waals surface area (Å²) in [5.74, 6) is 6.61. The van der Waals surface area contributed by atoms with Gasteiger partial charge in [0, 0.05) is 48.4 Å². The largest absolute Gasteiger partial charge is 0.368 e. The molecule has 10 aromatic rings. The second-order valence-corrected chi connectivity index (χ2v) is 16.7. The van der Waals surface area contributed by atoms with Gasteiger partial charge in [-0.1, -0.05) is 12.1 Å². The number of benzene rings is 4. The van der Waals surface area contributed by atoms with E-state index in [2.05, 4.69) is 85.4 Å². The Morgan fingerprint density at radius 3 is 0.794 bits per heavy atom. The van der Waals surface area contributed by atoms with Crippen molar-refractivity contribution in [1.82, 2.24) is 71.1 Å². The van der Waals surface area contributed by atoms with Crippen molar-refractivity contribution >= 4 is 67.5 Å². The van der Waals surface area contributed by atoms with Gasteiger partial charge in [-0.05, 0) is 97.1 Å². The van der Waals surface area contributed by atoms with Crippen molar-refractivity contribution in [3.8, 4) is 46.1 Å². The lowest BCUT2D eigenvalue weighted by atomic mass is 10.2. The van der Waals surface area contributed by atoms with E-state index in [0.717, 1.165) is 188 Å². The fourth-order valence-corrected chi connectivity index (χ4v) is 8.87. The van der Waals surface area contributed by atoms with E-state index in [4.69, 9.17) is 29.9 Å². The Hall–Kier alpha value is -9.06. The highest BCUT2D eigenvalue weighted by Crippen LogP contribution is 2.27. The van der Waals surface area contributed by atoms with Gasteiger partial charge in [-0.3, -0.25) is 20.0 Å². The summed E-state index contributed by atoms with van der Waals surface area (Å²) in [6.07, 6.45) is 0. The molecule has 68 heavy (non-hydrogen) atoms. The molecule has 4 aliphatic rings. The van der Waals surface area contributed by atoms with E-state index in [9.17, 15) is 0 Å². The molecule has 0 fully saturated rings. The fraction of sp³-hybridized carbons (Fsp3) is 0.160. The zero-order valence-electron chi connectivity index (χ0n) is 36.5. The standard InChI is InChI=1S/2C25H21N9/c2*1-2-18(24-31-16-6-4-14(12-20(16)33-24)22-26-8-9-27-22)30-19(3-1)25-32-17-7-5-15(13-21(17)34-25)23-28-10-11-29-23/h2*1-7,12-13H,8-11H2,(H,26,27)(H,28,29)(H,31,33)(H,32,34). The third kappa shape index (κ3) is 7.42. The summed E-state index contributed by atoms with van der Waals surface area (Å²) in [5, 5.41) is 13.3. The lowest BCUT2D eigenvalue weighted by molar-refractivity contribution is 0.960. The summed E-state index contributed by atoms with van der Waals surface area (Å²) in [6.45, 7) is 6.78. The van der Waals surface area contributed by atoms with Crippen LogP contribution < -0.4 is 21.3 Å². The number of hydrogen-bond donors (Lipinski definition) is 8. The predicted molar refractivity (Wildman–Crippen MR) is 266 cm³/mol. The van der Waals surface area contributed by atoms with E-state index in [1.165, 1.54) is 0 Å². The van der Waals surface area contributed by atoms with Crippen molar-refractivity contribution in [2.75, 3.05) is 52.4 Å². The van der Waals surface area contributed by atoms with Crippen LogP contribution in [0.1, 0.15) is 22.3 Å². The van der Waals surface area contributed by atoms with Gasteiger partial charge >= 0.3 is 0 Å². The first-order chi connectivity index (χ1) is 33.6. The van der Waals surface area contributed by atoms with Gasteiger partial charge in [-0.2, -0.15) is 0 Å². The minimum Gasteiger partial charge on any atom is -0.368 e. The van der Waals surface area contributed by atoms with Gasteiger partial charge in [0.15, 0.2) is 23.3 Å². The maximum absolute atomic E-state index is 4.84. The first-order valence-corrected chi connectivity index (χ1v) is 22.7. The van der Waals surface area contributed by atoms with Crippen molar-refractivity contribution in [1.29, 1.82) is 0 Å². The topological polar surface area (TPSA) is 238 Å². The number of aromatic nitrogens is 10. The van der Waals surface area contributed by atoms with Gasteiger partial charge in [-0.25, -0.2) is 29.9 Å². The SMILES string of the molecule is c1cc(-c2nc3ccc(C4=NCCN4)cc3[nH]2)nc(-c2nc3ccc(C4=NCCN4)cc3[nH]2)c1.c1cc(-c2nc3ccc(C4=NCCN4)cc3[nH]2)nc(-c2nc3ccc(C4=NCCN4)cc3[nH]2)c1. The van der Waals surface area contributed by atoms with Gasteiger partial charge in [-0.15, -0.1) is 0 Å². The molecule has 332 valence electrons. The van der Waals surface area contributed by atoms with Crippen molar-refractivity contribution in [2.24, 2.45) is 20.0 Å². The molecule has 0 aliphatic carbocycles. The van der Waals surface area contributed by atoms with E-state index in [-0.39, 0.29) is 0 Å². The molecule has 0 bridgehead atoms. The summed E-state index contributed by atoms with van der Waals surface area (Å²) < 4.78 is 0. The van der Waals surface area contributed by atoms with E-state index in [0.29, 0.717) is 0 Å². The number of nitrogens with zero attached hydrogens (tertiary/aromatic N) is 10. The third-order valence-electron chi connectivity index (χ3n) is 12.2. The maximum Gasteiger partial charge on any atom is 0.157 e. The Kier molecular flexibility index (Phi) is 9.50. The lowest BCUT2D eigenvalue weighted by Crippen LogP contribution is -2.19. The van der Waals surface area contributed by atoms with Gasteiger partial charge in [0.25, 0.3) is 0 Å². The van der Waals surface area contributed by atoms with Crippen molar-refractivity contribution < 1.29 is 0 Å². The number of aromatic amines is 4. The summed E-state index contributed by atoms with van der Waals surface area (Å²) in [4.78, 5) is 60.4. The number of aliphatic imine (C=N–C) groups is 4. The molecule has 0 amide bonds. The number of fused-ring (bicyclic) bond motifs is 4. The second kappa shape index (κ2) is 16.4. The van der Waals surface area contributed by atoms with Gasteiger partial charge in [0.1, 0.15) is 46.1 Å². The molecule has 4 aromatic carbocycles. The van der Waals surface area contributed by atoms with E-state index < -0.39 is 0 Å². The first-order valence-electron chi connectivity index (χ1n) is 22.7. The van der Waals surface area contributed by atoms with E-state index in [1.54, 1.807) is 0 Å². The molecule has 10 heterocycles. The average Bonchev–Trinajstić information content (AvgIpc) is 4.24. The Bertz CT molecular complexity index is 3250. The van der Waals surface area contributed by atoms with Crippen LogP contribution in [0.25, 0.3) is 90.2 Å². The summed E-state index contributed by atoms with van der Waals surface area (Å²) in [6, 6.07) is 36.3. The molecule has 0 radical (unpaired) electrons. The van der Waals surface area contributed by atoms with Crippen LogP contribution in [0.15, 0.2) is 129 Å². The Morgan fingerprint density at radius 1 is 0.294 bits per heavy atom. The van der Waals surface area contributed by atoms with Crippen LogP contribution in [-0.2, 0) is 0 Å². The predicted octanol–water partition coefficient (Wildman–Crippen LogP) is 5.74. The molecule has 0 saturated carbocycles. The highest BCUT2D eigenvalue weighted by atomic mass is 15.1.